The zero-order valence-corrected chi connectivity index (χ0v) is 14.8. The van der Waals surface area contributed by atoms with Crippen LogP contribution in [0, 0.1) is 12.7 Å². The van der Waals surface area contributed by atoms with Crippen LogP contribution in [0.25, 0.3) is 15.3 Å². The summed E-state index contributed by atoms with van der Waals surface area (Å²) in [5.74, 6) is -0.489. The van der Waals surface area contributed by atoms with Crippen molar-refractivity contribution in [3.63, 3.8) is 0 Å². The number of amides is 1. The highest BCUT2D eigenvalue weighted by molar-refractivity contribution is 7.20. The highest BCUT2D eigenvalue weighted by Gasteiger charge is 2.12. The van der Waals surface area contributed by atoms with Crippen LogP contribution in [-0.2, 0) is 6.54 Å². The number of rotatable bonds is 4. The van der Waals surface area contributed by atoms with E-state index >= 15 is 0 Å². The smallest absolute Gasteiger partial charge is 0.254 e. The zero-order valence-electron chi connectivity index (χ0n) is 13.9. The minimum absolute atomic E-state index is 0.237. The van der Waals surface area contributed by atoms with E-state index in [4.69, 9.17) is 0 Å². The van der Waals surface area contributed by atoms with Gasteiger partial charge >= 0.3 is 0 Å². The Kier molecular flexibility index (Phi) is 4.22. The molecule has 0 aliphatic carbocycles. The monoisotopic (exact) mass is 366 g/mol. The van der Waals surface area contributed by atoms with Crippen molar-refractivity contribution < 1.29 is 9.18 Å². The molecule has 0 saturated carbocycles. The first-order valence-corrected chi connectivity index (χ1v) is 8.85. The molecule has 0 fully saturated rings. The first kappa shape index (κ1) is 16.4. The third-order valence-corrected chi connectivity index (χ3v) is 5.02. The lowest BCUT2D eigenvalue weighted by Crippen LogP contribution is -2.22. The van der Waals surface area contributed by atoms with Gasteiger partial charge in [0.15, 0.2) is 0 Å². The average Bonchev–Trinajstić information content (AvgIpc) is 3.29. The van der Waals surface area contributed by atoms with E-state index in [1.807, 2.05) is 24.3 Å². The van der Waals surface area contributed by atoms with E-state index in [1.54, 1.807) is 29.9 Å². The number of aromatic nitrogens is 3. The van der Waals surface area contributed by atoms with Gasteiger partial charge in [-0.05, 0) is 36.2 Å². The fourth-order valence-corrected chi connectivity index (χ4v) is 3.50. The predicted molar refractivity (Wildman–Crippen MR) is 99.0 cm³/mol. The quantitative estimate of drug-likeness (QED) is 0.597. The van der Waals surface area contributed by atoms with Gasteiger partial charge < -0.3 is 5.32 Å². The fourth-order valence-electron chi connectivity index (χ4n) is 2.60. The number of benzene rings is 2. The van der Waals surface area contributed by atoms with Crippen LogP contribution in [0.15, 0.2) is 54.9 Å². The van der Waals surface area contributed by atoms with Gasteiger partial charge in [-0.1, -0.05) is 35.6 Å². The van der Waals surface area contributed by atoms with Gasteiger partial charge in [-0.3, -0.25) is 4.79 Å². The van der Waals surface area contributed by atoms with Crippen molar-refractivity contribution in [2.45, 2.75) is 13.5 Å². The predicted octanol–water partition coefficient (Wildman–Crippen LogP) is 3.86. The highest BCUT2D eigenvalue weighted by atomic mass is 32.1. The summed E-state index contributed by atoms with van der Waals surface area (Å²) in [5.41, 5.74) is 2.75. The molecule has 2 aromatic carbocycles. The van der Waals surface area contributed by atoms with Gasteiger partial charge in [-0.15, -0.1) is 0 Å². The van der Waals surface area contributed by atoms with Gasteiger partial charge in [0.05, 0.1) is 22.0 Å². The van der Waals surface area contributed by atoms with Gasteiger partial charge in [0.1, 0.15) is 5.82 Å². The van der Waals surface area contributed by atoms with Crippen LogP contribution in [0.5, 0.6) is 0 Å². The minimum atomic E-state index is -0.253. The first-order chi connectivity index (χ1) is 12.6. The maximum atomic E-state index is 13.3. The summed E-state index contributed by atoms with van der Waals surface area (Å²) >= 11 is 1.51. The number of aryl methyl sites for hydroxylation is 1. The maximum absolute atomic E-state index is 13.3. The van der Waals surface area contributed by atoms with Crippen molar-refractivity contribution in [1.29, 1.82) is 0 Å². The summed E-state index contributed by atoms with van der Waals surface area (Å²) in [6.45, 7) is 2.02. The number of thiazole rings is 1. The Morgan fingerprint density at radius 1 is 1.27 bits per heavy atom. The van der Waals surface area contributed by atoms with Crippen LogP contribution in [0.2, 0.25) is 0 Å². The Bertz CT molecular complexity index is 1070. The van der Waals surface area contributed by atoms with E-state index in [0.717, 1.165) is 15.8 Å². The van der Waals surface area contributed by atoms with Gasteiger partial charge in [-0.2, -0.15) is 5.10 Å². The van der Waals surface area contributed by atoms with E-state index in [9.17, 15) is 9.18 Å². The molecule has 4 rings (SSSR count). The van der Waals surface area contributed by atoms with E-state index in [0.29, 0.717) is 22.8 Å². The normalized spacial score (nSPS) is 11.0. The largest absolute Gasteiger partial charge is 0.348 e. The number of halogens is 1. The molecule has 130 valence electrons. The van der Waals surface area contributed by atoms with Gasteiger partial charge in [-0.25, -0.2) is 14.1 Å². The Labute approximate surface area is 153 Å². The van der Waals surface area contributed by atoms with E-state index in [2.05, 4.69) is 15.4 Å². The molecular weight excluding hydrogens is 351 g/mol. The Morgan fingerprint density at radius 3 is 2.92 bits per heavy atom. The summed E-state index contributed by atoms with van der Waals surface area (Å²) in [7, 11) is 0. The second-order valence-corrected chi connectivity index (χ2v) is 6.91. The van der Waals surface area contributed by atoms with Crippen molar-refractivity contribution >= 4 is 27.5 Å². The number of para-hydroxylation sites is 1. The summed E-state index contributed by atoms with van der Waals surface area (Å²) in [4.78, 5) is 16.9. The summed E-state index contributed by atoms with van der Waals surface area (Å²) in [5, 5.41) is 7.77. The van der Waals surface area contributed by atoms with Crippen LogP contribution < -0.4 is 5.32 Å². The van der Waals surface area contributed by atoms with Crippen molar-refractivity contribution in [2.75, 3.05) is 0 Å². The number of nitrogens with one attached hydrogen (secondary N) is 1. The highest BCUT2D eigenvalue weighted by Crippen LogP contribution is 2.24. The second-order valence-electron chi connectivity index (χ2n) is 5.90. The number of nitrogens with zero attached hydrogens (tertiary/aromatic N) is 3. The fraction of sp³-hybridized carbons (Fsp3) is 0.105. The minimum Gasteiger partial charge on any atom is -0.348 e. The molecule has 7 heteroatoms. The first-order valence-electron chi connectivity index (χ1n) is 8.04. The van der Waals surface area contributed by atoms with E-state index in [1.165, 1.54) is 23.6 Å². The van der Waals surface area contributed by atoms with E-state index in [-0.39, 0.29) is 11.7 Å². The number of hydrogen-bond donors (Lipinski definition) is 1. The summed E-state index contributed by atoms with van der Waals surface area (Å²) in [6.07, 6.45) is 3.17. The zero-order chi connectivity index (χ0) is 18.1. The number of carbonyl (C=O) groups excluding carboxylic acids is 1. The molecule has 0 unspecified atom stereocenters. The molecule has 1 amide bonds. The van der Waals surface area contributed by atoms with Gasteiger partial charge in [0, 0.05) is 12.7 Å². The molecule has 2 aromatic heterocycles. The van der Waals surface area contributed by atoms with Crippen LogP contribution in [0.1, 0.15) is 21.5 Å². The molecule has 0 atom stereocenters. The van der Waals surface area contributed by atoms with Crippen molar-refractivity contribution in [3.05, 3.63) is 77.4 Å². The lowest BCUT2D eigenvalue weighted by atomic mass is 10.1. The van der Waals surface area contributed by atoms with Crippen molar-refractivity contribution in [3.8, 4) is 5.13 Å². The van der Waals surface area contributed by atoms with E-state index < -0.39 is 0 Å². The Morgan fingerprint density at radius 2 is 2.12 bits per heavy atom. The van der Waals surface area contributed by atoms with Crippen LogP contribution in [-0.4, -0.2) is 20.7 Å². The number of hydrogen-bond acceptors (Lipinski definition) is 4. The van der Waals surface area contributed by atoms with Crippen LogP contribution >= 0.6 is 11.3 Å². The molecule has 2 heterocycles. The lowest BCUT2D eigenvalue weighted by molar-refractivity contribution is 0.0951. The molecule has 5 nitrogen and oxygen atoms in total. The molecule has 26 heavy (non-hydrogen) atoms. The molecule has 0 spiro atoms. The third-order valence-electron chi connectivity index (χ3n) is 4.00. The second kappa shape index (κ2) is 6.68. The Balaban J connectivity index is 1.48. The van der Waals surface area contributed by atoms with Crippen molar-refractivity contribution in [1.82, 2.24) is 20.1 Å². The van der Waals surface area contributed by atoms with Crippen molar-refractivity contribution in [2.24, 2.45) is 0 Å². The van der Waals surface area contributed by atoms with Crippen LogP contribution in [0.4, 0.5) is 4.39 Å². The van der Waals surface area contributed by atoms with Crippen LogP contribution in [0.3, 0.4) is 0 Å². The number of carbonyl (C=O) groups is 1. The molecule has 0 bridgehead atoms. The molecule has 0 aliphatic rings. The summed E-state index contributed by atoms with van der Waals surface area (Å²) in [6, 6.07) is 12.6. The molecule has 4 aromatic rings. The lowest BCUT2D eigenvalue weighted by Gasteiger charge is -2.05. The summed E-state index contributed by atoms with van der Waals surface area (Å²) < 4.78 is 16.0. The van der Waals surface area contributed by atoms with Gasteiger partial charge in [0.25, 0.3) is 5.91 Å². The Hall–Kier alpha value is -3.06. The van der Waals surface area contributed by atoms with Gasteiger partial charge in [0.2, 0.25) is 5.13 Å². The number of fused-ring (bicyclic) bond motifs is 1. The molecular formula is C19H15FN4OS. The standard InChI is InChI=1S/C19H15FN4OS/c1-12-8-13(6-7-15(12)20)9-21-18(25)14-10-22-24(11-14)19-23-16-4-2-3-5-17(16)26-19/h2-8,10-11H,9H2,1H3,(H,21,25). The molecule has 0 aliphatic heterocycles. The average molecular weight is 366 g/mol. The molecule has 0 saturated heterocycles. The molecule has 1 N–H and O–H groups in total. The topological polar surface area (TPSA) is 59.8 Å². The maximum Gasteiger partial charge on any atom is 0.254 e. The third kappa shape index (κ3) is 3.21. The SMILES string of the molecule is Cc1cc(CNC(=O)c2cnn(-c3nc4ccccc4s3)c2)ccc1F. The molecule has 0 radical (unpaired) electrons.